The summed E-state index contributed by atoms with van der Waals surface area (Å²) in [5.41, 5.74) is 6.50. The molecule has 0 amide bonds. The van der Waals surface area contributed by atoms with Crippen molar-refractivity contribution < 1.29 is 4.42 Å². The van der Waals surface area contributed by atoms with E-state index in [1.165, 1.54) is 21.0 Å². The topological polar surface area (TPSA) is 42.5 Å². The third-order valence-electron chi connectivity index (χ3n) is 6.88. The maximum Gasteiger partial charge on any atom is 0.145 e. The molecule has 0 bridgehead atoms. The molecule has 4 heterocycles. The number of para-hydroxylation sites is 2. The van der Waals surface area contributed by atoms with Crippen molar-refractivity contribution >= 4 is 82.1 Å². The standard InChI is InChI=1S/C29H19N3OS/c1-16-15-30-29-27(31-16)21-11-10-17(14-25(21)34-29)32-22-8-4-2-7-20(22)26-23(32)13-12-19-18-6-3-5-9-24(18)33-28(19)26/h2-16,31H,1H3. The van der Waals surface area contributed by atoms with Crippen LogP contribution in [-0.2, 0) is 0 Å². The summed E-state index contributed by atoms with van der Waals surface area (Å²) in [5.74, 6) is 0. The Morgan fingerprint density at radius 1 is 0.853 bits per heavy atom. The third-order valence-corrected chi connectivity index (χ3v) is 7.94. The van der Waals surface area contributed by atoms with Gasteiger partial charge in [0.05, 0.1) is 28.1 Å². The molecule has 0 fully saturated rings. The lowest BCUT2D eigenvalue weighted by atomic mass is 10.1. The molecule has 3 aromatic heterocycles. The Morgan fingerprint density at radius 2 is 1.68 bits per heavy atom. The summed E-state index contributed by atoms with van der Waals surface area (Å²) < 4.78 is 10.0. The number of aromatic nitrogens is 1. The Balaban J connectivity index is 1.46. The van der Waals surface area contributed by atoms with Crippen LogP contribution in [0.1, 0.15) is 6.92 Å². The number of aliphatic imine (C=N–C) groups is 1. The van der Waals surface area contributed by atoms with E-state index < -0.39 is 0 Å². The number of nitrogens with one attached hydrogen (secondary N) is 1. The van der Waals surface area contributed by atoms with Gasteiger partial charge in [-0.15, -0.1) is 11.3 Å². The van der Waals surface area contributed by atoms with Crippen molar-refractivity contribution in [1.29, 1.82) is 0 Å². The zero-order chi connectivity index (χ0) is 22.4. The molecule has 34 heavy (non-hydrogen) atoms. The van der Waals surface area contributed by atoms with E-state index in [-0.39, 0.29) is 6.04 Å². The first-order valence-electron chi connectivity index (χ1n) is 11.5. The van der Waals surface area contributed by atoms with Gasteiger partial charge in [0.1, 0.15) is 16.2 Å². The van der Waals surface area contributed by atoms with Crippen LogP contribution in [0.4, 0.5) is 10.7 Å². The summed E-state index contributed by atoms with van der Waals surface area (Å²) >= 11 is 1.74. The average molecular weight is 458 g/mol. The molecular weight excluding hydrogens is 438 g/mol. The van der Waals surface area contributed by atoms with Crippen LogP contribution in [0, 0.1) is 0 Å². The highest BCUT2D eigenvalue weighted by Crippen LogP contribution is 2.46. The summed E-state index contributed by atoms with van der Waals surface area (Å²) in [6, 6.07) is 28.3. The fraction of sp³-hybridized carbons (Fsp3) is 0.0690. The minimum Gasteiger partial charge on any atom is -0.455 e. The molecule has 0 saturated carbocycles. The molecular formula is C29H19N3OS. The molecule has 4 nitrogen and oxygen atoms in total. The zero-order valence-corrected chi connectivity index (χ0v) is 19.2. The largest absolute Gasteiger partial charge is 0.455 e. The van der Waals surface area contributed by atoms with Crippen LogP contribution >= 0.6 is 11.3 Å². The van der Waals surface area contributed by atoms with Gasteiger partial charge >= 0.3 is 0 Å². The van der Waals surface area contributed by atoms with Gasteiger partial charge in [0.25, 0.3) is 0 Å². The second-order valence-electron chi connectivity index (χ2n) is 8.96. The fourth-order valence-electron chi connectivity index (χ4n) is 5.40. The third kappa shape index (κ3) is 2.34. The van der Waals surface area contributed by atoms with E-state index in [0.29, 0.717) is 0 Å². The predicted octanol–water partition coefficient (Wildman–Crippen LogP) is 8.41. The first kappa shape index (κ1) is 18.3. The average Bonchev–Trinajstić information content (AvgIpc) is 3.52. The molecule has 0 aliphatic carbocycles. The van der Waals surface area contributed by atoms with Gasteiger partial charge in [0.2, 0.25) is 0 Å². The van der Waals surface area contributed by atoms with Crippen molar-refractivity contribution in [3.8, 4) is 5.69 Å². The molecule has 1 aliphatic heterocycles. The number of furan rings is 1. The lowest BCUT2D eigenvalue weighted by molar-refractivity contribution is 0.673. The van der Waals surface area contributed by atoms with Gasteiger partial charge in [0.15, 0.2) is 0 Å². The number of benzene rings is 4. The van der Waals surface area contributed by atoms with E-state index in [9.17, 15) is 0 Å². The minimum atomic E-state index is 0.244. The summed E-state index contributed by atoms with van der Waals surface area (Å²) in [5, 5.41) is 10.5. The Hall–Kier alpha value is -4.09. The van der Waals surface area contributed by atoms with E-state index in [0.717, 1.165) is 49.2 Å². The van der Waals surface area contributed by atoms with E-state index in [2.05, 4.69) is 88.5 Å². The minimum absolute atomic E-state index is 0.244. The SMILES string of the molecule is CC1C=Nc2sc3cc(-n4c5ccccc5c5c6oc7ccccc7c6ccc54)ccc3c2N1. The second-order valence-corrected chi connectivity index (χ2v) is 9.99. The molecule has 0 radical (unpaired) electrons. The van der Waals surface area contributed by atoms with E-state index in [1.54, 1.807) is 11.3 Å². The number of anilines is 1. The summed E-state index contributed by atoms with van der Waals surface area (Å²) in [7, 11) is 0. The molecule has 1 N–H and O–H groups in total. The van der Waals surface area contributed by atoms with Crippen LogP contribution in [0.25, 0.3) is 59.5 Å². The molecule has 1 unspecified atom stereocenters. The van der Waals surface area contributed by atoms with Crippen LogP contribution in [-0.4, -0.2) is 16.8 Å². The molecule has 8 rings (SSSR count). The monoisotopic (exact) mass is 457 g/mol. The maximum absolute atomic E-state index is 6.42. The Kier molecular flexibility index (Phi) is 3.50. The Bertz CT molecular complexity index is 1970. The number of thiophene rings is 1. The number of hydrogen-bond acceptors (Lipinski definition) is 4. The summed E-state index contributed by atoms with van der Waals surface area (Å²) in [6.45, 7) is 2.13. The van der Waals surface area contributed by atoms with Crippen LogP contribution < -0.4 is 5.32 Å². The van der Waals surface area contributed by atoms with Crippen molar-refractivity contribution in [2.75, 3.05) is 5.32 Å². The fourth-order valence-corrected chi connectivity index (χ4v) is 6.45. The van der Waals surface area contributed by atoms with Crippen molar-refractivity contribution in [3.63, 3.8) is 0 Å². The van der Waals surface area contributed by atoms with E-state index in [4.69, 9.17) is 4.42 Å². The van der Waals surface area contributed by atoms with Crippen LogP contribution in [0.15, 0.2) is 88.3 Å². The first-order chi connectivity index (χ1) is 16.8. The van der Waals surface area contributed by atoms with Gasteiger partial charge in [-0.25, -0.2) is 4.99 Å². The maximum atomic E-state index is 6.42. The van der Waals surface area contributed by atoms with Crippen LogP contribution in [0.5, 0.6) is 0 Å². The molecule has 0 saturated heterocycles. The molecule has 4 aromatic carbocycles. The van der Waals surface area contributed by atoms with Crippen LogP contribution in [0.3, 0.4) is 0 Å². The van der Waals surface area contributed by atoms with Gasteiger partial charge in [-0.2, -0.15) is 0 Å². The predicted molar refractivity (Wildman–Crippen MR) is 145 cm³/mol. The van der Waals surface area contributed by atoms with Gasteiger partial charge in [0, 0.05) is 38.1 Å². The highest BCUT2D eigenvalue weighted by atomic mass is 32.1. The Morgan fingerprint density at radius 3 is 2.62 bits per heavy atom. The van der Waals surface area contributed by atoms with Crippen molar-refractivity contribution in [2.45, 2.75) is 13.0 Å². The van der Waals surface area contributed by atoms with E-state index >= 15 is 0 Å². The molecule has 1 atom stereocenters. The normalized spacial score (nSPS) is 15.6. The number of rotatable bonds is 1. The number of hydrogen-bond donors (Lipinski definition) is 1. The highest BCUT2D eigenvalue weighted by molar-refractivity contribution is 7.23. The first-order valence-corrected chi connectivity index (χ1v) is 12.3. The van der Waals surface area contributed by atoms with Crippen molar-refractivity contribution in [1.82, 2.24) is 4.57 Å². The van der Waals surface area contributed by atoms with Crippen molar-refractivity contribution in [2.24, 2.45) is 4.99 Å². The smallest absolute Gasteiger partial charge is 0.145 e. The van der Waals surface area contributed by atoms with Crippen molar-refractivity contribution in [3.05, 3.63) is 78.9 Å². The van der Waals surface area contributed by atoms with Gasteiger partial charge < -0.3 is 14.3 Å². The van der Waals surface area contributed by atoms with Gasteiger partial charge in [-0.1, -0.05) is 36.4 Å². The van der Waals surface area contributed by atoms with Gasteiger partial charge in [-0.05, 0) is 49.4 Å². The second kappa shape index (κ2) is 6.49. The van der Waals surface area contributed by atoms with Crippen LogP contribution in [0.2, 0.25) is 0 Å². The zero-order valence-electron chi connectivity index (χ0n) is 18.4. The van der Waals surface area contributed by atoms with E-state index in [1.807, 2.05) is 18.3 Å². The number of fused-ring (bicyclic) bond motifs is 10. The molecule has 7 aromatic rings. The quantitative estimate of drug-likeness (QED) is 0.269. The summed E-state index contributed by atoms with van der Waals surface area (Å²) in [6.07, 6.45) is 1.98. The summed E-state index contributed by atoms with van der Waals surface area (Å²) in [4.78, 5) is 4.67. The molecule has 5 heteroatoms. The lowest BCUT2D eigenvalue weighted by Crippen LogP contribution is -2.18. The molecule has 1 aliphatic rings. The van der Waals surface area contributed by atoms with Gasteiger partial charge in [-0.3, -0.25) is 0 Å². The Labute approximate surface area is 198 Å². The molecule has 162 valence electrons. The molecule has 0 spiro atoms. The number of nitrogens with zero attached hydrogens (tertiary/aromatic N) is 2. The highest BCUT2D eigenvalue weighted by Gasteiger charge is 2.20. The lowest BCUT2D eigenvalue weighted by Gasteiger charge is -2.15.